The summed E-state index contributed by atoms with van der Waals surface area (Å²) in [4.78, 5) is 14.5. The second-order valence-electron chi connectivity index (χ2n) is 9.41. The Balaban J connectivity index is 1.11. The normalized spacial score (nSPS) is 27.3. The van der Waals surface area contributed by atoms with Gasteiger partial charge in [0.2, 0.25) is 5.91 Å². The minimum atomic E-state index is 0.0500. The molecule has 34 heavy (non-hydrogen) atoms. The number of nitrogens with zero attached hydrogens (tertiary/aromatic N) is 3. The zero-order chi connectivity index (χ0) is 23.3. The van der Waals surface area contributed by atoms with Crippen LogP contribution in [0.5, 0.6) is 5.75 Å². The molecule has 9 nitrogen and oxygen atoms in total. The molecule has 1 amide bonds. The molecule has 4 aliphatic heterocycles. The number of ether oxygens (including phenoxy) is 2. The maximum absolute atomic E-state index is 12.3. The Morgan fingerprint density at radius 2 is 2.18 bits per heavy atom. The molecule has 0 bridgehead atoms. The van der Waals surface area contributed by atoms with Gasteiger partial charge in [0.1, 0.15) is 17.8 Å². The first-order valence-electron chi connectivity index (χ1n) is 12.7. The van der Waals surface area contributed by atoms with E-state index in [-0.39, 0.29) is 30.3 Å². The van der Waals surface area contributed by atoms with E-state index in [1.165, 1.54) is 5.56 Å². The van der Waals surface area contributed by atoms with Gasteiger partial charge in [0.05, 0.1) is 24.8 Å². The number of hydrazine groups is 1. The van der Waals surface area contributed by atoms with Crippen LogP contribution in [0.25, 0.3) is 0 Å². The van der Waals surface area contributed by atoms with E-state index < -0.39 is 0 Å². The number of hydrazone groups is 1. The van der Waals surface area contributed by atoms with Gasteiger partial charge in [-0.25, -0.2) is 5.43 Å². The van der Waals surface area contributed by atoms with Gasteiger partial charge in [-0.1, -0.05) is 25.5 Å². The van der Waals surface area contributed by atoms with Crippen molar-refractivity contribution in [3.63, 3.8) is 0 Å². The summed E-state index contributed by atoms with van der Waals surface area (Å²) >= 11 is 0. The van der Waals surface area contributed by atoms with E-state index in [2.05, 4.69) is 68.6 Å². The summed E-state index contributed by atoms with van der Waals surface area (Å²) in [5.74, 6) is 1.88. The number of hydrogen-bond acceptors (Lipinski definition) is 8. The first-order chi connectivity index (χ1) is 16.7. The summed E-state index contributed by atoms with van der Waals surface area (Å²) in [7, 11) is 0. The Labute approximate surface area is 201 Å². The molecule has 0 aromatic heterocycles. The fraction of sp³-hybridized carbons (Fsp3) is 0.600. The largest absolute Gasteiger partial charge is 0.494 e. The van der Waals surface area contributed by atoms with E-state index in [1.807, 2.05) is 6.20 Å². The molecular formula is C25H36N6O3. The van der Waals surface area contributed by atoms with E-state index >= 15 is 0 Å². The van der Waals surface area contributed by atoms with Crippen molar-refractivity contribution in [3.8, 4) is 5.75 Å². The predicted octanol–water partition coefficient (Wildman–Crippen LogP) is 2.59. The van der Waals surface area contributed by atoms with Gasteiger partial charge in [-0.15, -0.1) is 0 Å². The molecule has 5 rings (SSSR count). The highest BCUT2D eigenvalue weighted by Gasteiger charge is 2.44. The van der Waals surface area contributed by atoms with Gasteiger partial charge in [-0.2, -0.15) is 5.10 Å². The molecule has 0 spiro atoms. The molecule has 0 aliphatic carbocycles. The monoisotopic (exact) mass is 468 g/mol. The van der Waals surface area contributed by atoms with E-state index in [1.54, 1.807) is 0 Å². The highest BCUT2D eigenvalue weighted by Crippen LogP contribution is 2.34. The molecule has 4 aliphatic rings. The van der Waals surface area contributed by atoms with Crippen molar-refractivity contribution in [2.24, 2.45) is 5.10 Å². The number of amides is 1. The summed E-state index contributed by atoms with van der Waals surface area (Å²) < 4.78 is 11.4. The van der Waals surface area contributed by atoms with Crippen LogP contribution in [0.1, 0.15) is 63.5 Å². The van der Waals surface area contributed by atoms with Crippen LogP contribution in [-0.4, -0.2) is 59.7 Å². The number of carbonyl (C=O) groups is 1. The first kappa shape index (κ1) is 23.0. The Kier molecular flexibility index (Phi) is 7.20. The van der Waals surface area contributed by atoms with E-state index in [4.69, 9.17) is 9.47 Å². The summed E-state index contributed by atoms with van der Waals surface area (Å²) in [5, 5.41) is 9.74. The number of carbonyl (C=O) groups excluding carboxylic acids is 1. The van der Waals surface area contributed by atoms with Gasteiger partial charge in [0.15, 0.2) is 0 Å². The fourth-order valence-electron chi connectivity index (χ4n) is 5.01. The number of fused-ring (bicyclic) bond motifs is 3. The highest BCUT2D eigenvalue weighted by atomic mass is 16.5. The minimum Gasteiger partial charge on any atom is -0.494 e. The predicted molar refractivity (Wildman–Crippen MR) is 130 cm³/mol. The Morgan fingerprint density at radius 3 is 2.97 bits per heavy atom. The molecule has 184 valence electrons. The molecule has 9 heteroatoms. The topological polar surface area (TPSA) is 90.5 Å². The maximum atomic E-state index is 12.3. The second-order valence-corrected chi connectivity index (χ2v) is 9.41. The Bertz CT molecular complexity index is 898. The molecule has 1 aromatic carbocycles. The van der Waals surface area contributed by atoms with Crippen LogP contribution in [0, 0.1) is 0 Å². The summed E-state index contributed by atoms with van der Waals surface area (Å²) in [6, 6.07) is 8.89. The van der Waals surface area contributed by atoms with Gasteiger partial charge < -0.3 is 24.7 Å². The van der Waals surface area contributed by atoms with Crippen molar-refractivity contribution in [3.05, 3.63) is 42.2 Å². The molecule has 4 heterocycles. The van der Waals surface area contributed by atoms with Crippen LogP contribution in [0.4, 0.5) is 0 Å². The van der Waals surface area contributed by atoms with Crippen molar-refractivity contribution >= 4 is 11.7 Å². The molecule has 0 radical (unpaired) electrons. The number of rotatable bonds is 10. The average molecular weight is 469 g/mol. The Morgan fingerprint density at radius 1 is 1.29 bits per heavy atom. The fourth-order valence-corrected chi connectivity index (χ4v) is 5.01. The van der Waals surface area contributed by atoms with Crippen molar-refractivity contribution in [1.82, 2.24) is 26.1 Å². The van der Waals surface area contributed by atoms with E-state index in [0.29, 0.717) is 19.4 Å². The van der Waals surface area contributed by atoms with Crippen LogP contribution < -0.4 is 20.9 Å². The van der Waals surface area contributed by atoms with Crippen molar-refractivity contribution in [1.29, 1.82) is 0 Å². The van der Waals surface area contributed by atoms with Crippen LogP contribution in [-0.2, 0) is 9.53 Å². The van der Waals surface area contributed by atoms with Crippen molar-refractivity contribution in [2.45, 2.75) is 76.2 Å². The third kappa shape index (κ3) is 5.15. The van der Waals surface area contributed by atoms with Gasteiger partial charge in [0.25, 0.3) is 0 Å². The Hall–Kier alpha value is -2.78. The number of benzene rings is 1. The lowest BCUT2D eigenvalue weighted by Gasteiger charge is -2.37. The third-order valence-corrected chi connectivity index (χ3v) is 6.99. The molecule has 3 unspecified atom stereocenters. The lowest BCUT2D eigenvalue weighted by molar-refractivity contribution is -0.121. The van der Waals surface area contributed by atoms with Crippen LogP contribution in [0.2, 0.25) is 0 Å². The lowest BCUT2D eigenvalue weighted by Crippen LogP contribution is -2.54. The first-order valence-corrected chi connectivity index (χ1v) is 12.7. The molecular weight excluding hydrogens is 432 g/mol. The van der Waals surface area contributed by atoms with Gasteiger partial charge in [0, 0.05) is 38.4 Å². The smallest absolute Gasteiger partial charge is 0.220 e. The molecule has 4 atom stereocenters. The summed E-state index contributed by atoms with van der Waals surface area (Å²) in [5.41, 5.74) is 8.16. The zero-order valence-electron chi connectivity index (χ0n) is 19.9. The summed E-state index contributed by atoms with van der Waals surface area (Å²) in [6.45, 7) is 4.34. The second kappa shape index (κ2) is 10.7. The standard InChI is InChI=1S/C25H36N6O3/c1-2-3-14-33-19-8-6-18(7-9-19)21-16-22-25-28-27-23(30(25)12-13-31(22)29-21)10-11-24(32)26-17-20-5-4-15-34-20/h6-9,12-13,20-22,25,28-29H,2-5,10-11,14-17H2,1H3,(H,26,32)/t20-,21?,22?,25?/m0/s1. The van der Waals surface area contributed by atoms with Crippen LogP contribution >= 0.6 is 0 Å². The highest BCUT2D eigenvalue weighted by molar-refractivity contribution is 5.89. The molecule has 1 aromatic rings. The van der Waals surface area contributed by atoms with Crippen molar-refractivity contribution in [2.75, 3.05) is 19.8 Å². The van der Waals surface area contributed by atoms with E-state index in [9.17, 15) is 4.79 Å². The quantitative estimate of drug-likeness (QED) is 0.455. The van der Waals surface area contributed by atoms with Gasteiger partial charge >= 0.3 is 0 Å². The lowest BCUT2D eigenvalue weighted by atomic mass is 9.99. The SMILES string of the molecule is CCCCOc1ccc(C2CC3C4NN=C(CCC(=O)NC[C@@H]5CCCO5)N4C=CN3N2)cc1. The number of nitrogens with one attached hydrogen (secondary N) is 3. The summed E-state index contributed by atoms with van der Waals surface area (Å²) in [6.07, 6.45) is 10.7. The maximum Gasteiger partial charge on any atom is 0.220 e. The number of unbranched alkanes of at least 4 members (excludes halogenated alkanes) is 1. The van der Waals surface area contributed by atoms with E-state index in [0.717, 1.165) is 56.9 Å². The average Bonchev–Trinajstić information content (AvgIpc) is 3.61. The molecule has 2 fully saturated rings. The molecule has 3 N–H and O–H groups in total. The van der Waals surface area contributed by atoms with Crippen molar-refractivity contribution < 1.29 is 14.3 Å². The molecule has 0 saturated carbocycles. The van der Waals surface area contributed by atoms with Crippen LogP contribution in [0.15, 0.2) is 41.8 Å². The van der Waals surface area contributed by atoms with Crippen LogP contribution in [0.3, 0.4) is 0 Å². The zero-order valence-corrected chi connectivity index (χ0v) is 19.9. The third-order valence-electron chi connectivity index (χ3n) is 6.99. The minimum absolute atomic E-state index is 0.0500. The molecule has 2 saturated heterocycles. The van der Waals surface area contributed by atoms with Gasteiger partial charge in [-0.3, -0.25) is 10.2 Å². The number of hydrogen-bond donors (Lipinski definition) is 3. The van der Waals surface area contributed by atoms with Gasteiger partial charge in [-0.05, 0) is 43.4 Å². The number of amidine groups is 1.